The molecule has 0 rings (SSSR count). The van der Waals surface area contributed by atoms with Crippen LogP contribution in [-0.4, -0.2) is 25.0 Å². The fraction of sp³-hybridized carbons (Fsp3) is 0.909. The third kappa shape index (κ3) is 4.61. The highest BCUT2D eigenvalue weighted by Crippen LogP contribution is 2.13. The van der Waals surface area contributed by atoms with Crippen molar-refractivity contribution < 1.29 is 4.79 Å². The second-order valence-electron chi connectivity index (χ2n) is 4.43. The molecule has 1 atom stereocenters. The summed E-state index contributed by atoms with van der Waals surface area (Å²) < 4.78 is 0. The number of carbonyl (C=O) groups is 1. The van der Waals surface area contributed by atoms with Crippen molar-refractivity contribution in [1.29, 1.82) is 0 Å². The first-order chi connectivity index (χ1) is 6.44. The summed E-state index contributed by atoms with van der Waals surface area (Å²) in [6, 6.07) is 0.476. The summed E-state index contributed by atoms with van der Waals surface area (Å²) in [4.78, 5) is 11.6. The van der Waals surface area contributed by atoms with E-state index in [9.17, 15) is 4.79 Å². The summed E-state index contributed by atoms with van der Waals surface area (Å²) in [7, 11) is 0. The average molecular weight is 200 g/mol. The Morgan fingerprint density at radius 3 is 2.36 bits per heavy atom. The van der Waals surface area contributed by atoms with Gasteiger partial charge in [-0.05, 0) is 34.1 Å². The molecule has 0 fully saturated rings. The lowest BCUT2D eigenvalue weighted by Crippen LogP contribution is -2.45. The number of hydrogen-bond donors (Lipinski definition) is 2. The highest BCUT2D eigenvalue weighted by molar-refractivity contribution is 5.81. The number of rotatable bonds is 6. The van der Waals surface area contributed by atoms with Crippen molar-refractivity contribution >= 4 is 5.91 Å². The predicted molar refractivity (Wildman–Crippen MR) is 60.2 cm³/mol. The van der Waals surface area contributed by atoms with E-state index in [0.29, 0.717) is 12.6 Å². The molecule has 14 heavy (non-hydrogen) atoms. The Labute approximate surface area is 87.6 Å². The molecule has 84 valence electrons. The Hall–Kier alpha value is -0.570. The van der Waals surface area contributed by atoms with Gasteiger partial charge in [-0.15, -0.1) is 0 Å². The van der Waals surface area contributed by atoms with E-state index in [4.69, 9.17) is 0 Å². The molecule has 0 saturated carbocycles. The minimum atomic E-state index is -0.320. The fourth-order valence-corrected chi connectivity index (χ4v) is 1.05. The quantitative estimate of drug-likeness (QED) is 0.683. The number of nitrogens with one attached hydrogen (secondary N) is 2. The van der Waals surface area contributed by atoms with E-state index in [-0.39, 0.29) is 11.3 Å². The van der Waals surface area contributed by atoms with Crippen LogP contribution in [0.15, 0.2) is 0 Å². The van der Waals surface area contributed by atoms with Gasteiger partial charge in [-0.1, -0.05) is 6.92 Å². The van der Waals surface area contributed by atoms with Crippen LogP contribution in [0.2, 0.25) is 0 Å². The summed E-state index contributed by atoms with van der Waals surface area (Å²) in [5.41, 5.74) is -0.320. The molecular weight excluding hydrogens is 176 g/mol. The van der Waals surface area contributed by atoms with E-state index >= 15 is 0 Å². The Morgan fingerprint density at radius 2 is 1.93 bits per heavy atom. The van der Waals surface area contributed by atoms with Gasteiger partial charge in [0.25, 0.3) is 0 Å². The molecule has 0 aromatic rings. The van der Waals surface area contributed by atoms with Gasteiger partial charge in [-0.2, -0.15) is 0 Å². The normalized spacial score (nSPS) is 13.8. The summed E-state index contributed by atoms with van der Waals surface area (Å²) in [6.07, 6.45) is 1.09. The zero-order valence-electron chi connectivity index (χ0n) is 10.1. The van der Waals surface area contributed by atoms with Crippen LogP contribution >= 0.6 is 0 Å². The van der Waals surface area contributed by atoms with Crippen LogP contribution in [0.4, 0.5) is 0 Å². The highest BCUT2D eigenvalue weighted by Gasteiger charge is 2.26. The smallest absolute Gasteiger partial charge is 0.226 e. The summed E-state index contributed by atoms with van der Waals surface area (Å²) in [5, 5.41) is 6.20. The second kappa shape index (κ2) is 6.02. The molecule has 0 saturated heterocycles. The van der Waals surface area contributed by atoms with Gasteiger partial charge < -0.3 is 10.6 Å². The average Bonchev–Trinajstić information content (AvgIpc) is 2.14. The summed E-state index contributed by atoms with van der Waals surface area (Å²) >= 11 is 0. The van der Waals surface area contributed by atoms with Crippen LogP contribution in [0, 0.1) is 5.41 Å². The molecule has 0 aliphatic rings. The van der Waals surface area contributed by atoms with Crippen LogP contribution in [0.3, 0.4) is 0 Å². The monoisotopic (exact) mass is 200 g/mol. The van der Waals surface area contributed by atoms with E-state index in [1.807, 2.05) is 20.8 Å². The molecule has 0 aliphatic carbocycles. The Bertz CT molecular complexity index is 178. The third-order valence-corrected chi connectivity index (χ3v) is 2.46. The molecule has 0 aliphatic heterocycles. The number of amides is 1. The van der Waals surface area contributed by atoms with E-state index in [1.165, 1.54) is 0 Å². The molecule has 0 heterocycles. The van der Waals surface area contributed by atoms with Gasteiger partial charge in [0.15, 0.2) is 0 Å². The lowest BCUT2D eigenvalue weighted by atomic mass is 9.92. The number of hydrogen-bond acceptors (Lipinski definition) is 2. The first kappa shape index (κ1) is 13.4. The molecule has 3 heteroatoms. The van der Waals surface area contributed by atoms with Crippen molar-refractivity contribution in [1.82, 2.24) is 10.6 Å². The van der Waals surface area contributed by atoms with Crippen molar-refractivity contribution in [2.24, 2.45) is 5.41 Å². The third-order valence-electron chi connectivity index (χ3n) is 2.46. The van der Waals surface area contributed by atoms with Crippen molar-refractivity contribution in [2.45, 2.75) is 47.1 Å². The topological polar surface area (TPSA) is 41.1 Å². The van der Waals surface area contributed by atoms with Gasteiger partial charge in [-0.3, -0.25) is 4.79 Å². The molecular formula is C11H24N2O. The SMILES string of the molecule is CCNC(=O)C(C)(C)CNC(C)CC. The van der Waals surface area contributed by atoms with Gasteiger partial charge >= 0.3 is 0 Å². The second-order valence-corrected chi connectivity index (χ2v) is 4.43. The fourth-order valence-electron chi connectivity index (χ4n) is 1.05. The number of carbonyl (C=O) groups excluding carboxylic acids is 1. The van der Waals surface area contributed by atoms with Crippen molar-refractivity contribution in [3.8, 4) is 0 Å². The molecule has 2 N–H and O–H groups in total. The van der Waals surface area contributed by atoms with E-state index in [2.05, 4.69) is 24.5 Å². The Kier molecular flexibility index (Phi) is 5.77. The molecule has 3 nitrogen and oxygen atoms in total. The van der Waals surface area contributed by atoms with Crippen molar-refractivity contribution in [3.63, 3.8) is 0 Å². The van der Waals surface area contributed by atoms with E-state index in [1.54, 1.807) is 0 Å². The summed E-state index contributed by atoms with van der Waals surface area (Å²) in [5.74, 6) is 0.121. The standard InChI is InChI=1S/C11H24N2O/c1-6-9(3)13-8-11(4,5)10(14)12-7-2/h9,13H,6-8H2,1-5H3,(H,12,14). The van der Waals surface area contributed by atoms with Crippen LogP contribution in [-0.2, 0) is 4.79 Å². The van der Waals surface area contributed by atoms with Gasteiger partial charge in [0, 0.05) is 19.1 Å². The summed E-state index contributed by atoms with van der Waals surface area (Å²) in [6.45, 7) is 11.6. The van der Waals surface area contributed by atoms with Crippen molar-refractivity contribution in [2.75, 3.05) is 13.1 Å². The lowest BCUT2D eigenvalue weighted by Gasteiger charge is -2.25. The largest absolute Gasteiger partial charge is 0.356 e. The van der Waals surface area contributed by atoms with Gasteiger partial charge in [0.2, 0.25) is 5.91 Å². The van der Waals surface area contributed by atoms with E-state index < -0.39 is 0 Å². The minimum absolute atomic E-state index is 0.121. The van der Waals surface area contributed by atoms with Gasteiger partial charge in [0.1, 0.15) is 0 Å². The zero-order valence-corrected chi connectivity index (χ0v) is 10.1. The van der Waals surface area contributed by atoms with Gasteiger partial charge in [-0.25, -0.2) is 0 Å². The maximum absolute atomic E-state index is 11.6. The lowest BCUT2D eigenvalue weighted by molar-refractivity contribution is -0.129. The molecule has 0 aromatic heterocycles. The first-order valence-corrected chi connectivity index (χ1v) is 5.45. The van der Waals surface area contributed by atoms with Crippen molar-refractivity contribution in [3.05, 3.63) is 0 Å². The molecule has 0 radical (unpaired) electrons. The zero-order chi connectivity index (χ0) is 11.2. The van der Waals surface area contributed by atoms with Gasteiger partial charge in [0.05, 0.1) is 5.41 Å². The molecule has 1 amide bonds. The van der Waals surface area contributed by atoms with Crippen LogP contribution in [0.5, 0.6) is 0 Å². The maximum atomic E-state index is 11.6. The molecule has 1 unspecified atom stereocenters. The Morgan fingerprint density at radius 1 is 1.36 bits per heavy atom. The van der Waals surface area contributed by atoms with Crippen LogP contribution < -0.4 is 10.6 Å². The highest BCUT2D eigenvalue weighted by atomic mass is 16.2. The van der Waals surface area contributed by atoms with Crippen LogP contribution in [0.1, 0.15) is 41.0 Å². The van der Waals surface area contributed by atoms with Crippen LogP contribution in [0.25, 0.3) is 0 Å². The van der Waals surface area contributed by atoms with E-state index in [0.717, 1.165) is 13.0 Å². The molecule has 0 spiro atoms. The Balaban J connectivity index is 3.99. The maximum Gasteiger partial charge on any atom is 0.226 e. The predicted octanol–water partition coefficient (Wildman–Crippen LogP) is 1.54. The molecule has 0 bridgehead atoms. The first-order valence-electron chi connectivity index (χ1n) is 5.45. The molecule has 0 aromatic carbocycles. The minimum Gasteiger partial charge on any atom is -0.356 e.